The lowest BCUT2D eigenvalue weighted by Gasteiger charge is -2.36. The molecule has 1 aliphatic carbocycles. The molecule has 1 aliphatic heterocycles. The molecule has 1 saturated heterocycles. The van der Waals surface area contributed by atoms with Gasteiger partial charge in [0.25, 0.3) is 0 Å². The molecule has 0 radical (unpaired) electrons. The molecule has 132 valence electrons. The first-order valence-electron chi connectivity index (χ1n) is 7.60. The van der Waals surface area contributed by atoms with Gasteiger partial charge in [0.2, 0.25) is 0 Å². The maximum atomic E-state index is 5.49. The second-order valence-electron chi connectivity index (χ2n) is 5.80. The number of rotatable bonds is 5. The summed E-state index contributed by atoms with van der Waals surface area (Å²) in [4.78, 5) is 2.61. The SMILES string of the molecule is COc1cc(Br)c([C@@H](C2CC2)N2CCNCC2)cc1OC.Cl.Cl. The van der Waals surface area contributed by atoms with Crippen LogP contribution in [0.5, 0.6) is 11.5 Å². The molecule has 0 spiro atoms. The van der Waals surface area contributed by atoms with E-state index in [4.69, 9.17) is 9.47 Å². The quantitative estimate of drug-likeness (QED) is 0.777. The zero-order chi connectivity index (χ0) is 14.8. The smallest absolute Gasteiger partial charge is 0.161 e. The third kappa shape index (κ3) is 4.67. The van der Waals surface area contributed by atoms with Crippen molar-refractivity contribution in [1.82, 2.24) is 10.2 Å². The van der Waals surface area contributed by atoms with Gasteiger partial charge in [-0.2, -0.15) is 0 Å². The molecule has 1 heterocycles. The van der Waals surface area contributed by atoms with Crippen molar-refractivity contribution in [2.24, 2.45) is 5.92 Å². The van der Waals surface area contributed by atoms with Crippen LogP contribution in [-0.4, -0.2) is 45.3 Å². The van der Waals surface area contributed by atoms with E-state index in [1.54, 1.807) is 14.2 Å². The van der Waals surface area contributed by atoms with E-state index >= 15 is 0 Å². The number of benzene rings is 1. The molecule has 2 aliphatic rings. The Kier molecular flexibility index (Phi) is 8.45. The van der Waals surface area contributed by atoms with Crippen LogP contribution in [0.1, 0.15) is 24.4 Å². The summed E-state index contributed by atoms with van der Waals surface area (Å²) in [5.74, 6) is 2.37. The Bertz CT molecular complexity index is 509. The molecule has 0 aromatic heterocycles. The largest absolute Gasteiger partial charge is 0.493 e. The van der Waals surface area contributed by atoms with Gasteiger partial charge in [-0.25, -0.2) is 0 Å². The molecule has 4 nitrogen and oxygen atoms in total. The number of hydrogen-bond acceptors (Lipinski definition) is 4. The third-order valence-corrected chi connectivity index (χ3v) is 5.12. The summed E-state index contributed by atoms with van der Waals surface area (Å²) in [7, 11) is 3.38. The van der Waals surface area contributed by atoms with Crippen molar-refractivity contribution in [2.75, 3.05) is 40.4 Å². The summed E-state index contributed by atoms with van der Waals surface area (Å²) in [6, 6.07) is 4.67. The van der Waals surface area contributed by atoms with Crippen LogP contribution >= 0.6 is 40.7 Å². The number of halogens is 3. The zero-order valence-corrected chi connectivity index (χ0v) is 16.7. The first kappa shape index (κ1) is 20.8. The molecule has 0 unspecified atom stereocenters. The number of ether oxygens (including phenoxy) is 2. The summed E-state index contributed by atoms with van der Waals surface area (Å²) in [5, 5.41) is 3.44. The number of piperazine rings is 1. The van der Waals surface area contributed by atoms with Gasteiger partial charge in [0.1, 0.15) is 0 Å². The molecule has 0 bridgehead atoms. The third-order valence-electron chi connectivity index (χ3n) is 4.44. The van der Waals surface area contributed by atoms with Gasteiger partial charge in [0, 0.05) is 36.7 Å². The van der Waals surface area contributed by atoms with Crippen LogP contribution in [0.2, 0.25) is 0 Å². The molecule has 1 aromatic carbocycles. The number of hydrogen-bond donors (Lipinski definition) is 1. The van der Waals surface area contributed by atoms with Crippen LogP contribution < -0.4 is 14.8 Å². The molecule has 1 aromatic rings. The second kappa shape index (κ2) is 9.33. The zero-order valence-electron chi connectivity index (χ0n) is 13.5. The van der Waals surface area contributed by atoms with Crippen molar-refractivity contribution in [3.05, 3.63) is 22.2 Å². The first-order valence-corrected chi connectivity index (χ1v) is 8.40. The highest BCUT2D eigenvalue weighted by Crippen LogP contribution is 2.48. The Morgan fingerprint density at radius 3 is 2.17 bits per heavy atom. The van der Waals surface area contributed by atoms with Gasteiger partial charge in [-0.15, -0.1) is 24.8 Å². The Hall–Kier alpha value is -0.200. The van der Waals surface area contributed by atoms with E-state index in [1.165, 1.54) is 18.4 Å². The van der Waals surface area contributed by atoms with Crippen LogP contribution in [0.3, 0.4) is 0 Å². The van der Waals surface area contributed by atoms with Crippen molar-refractivity contribution in [1.29, 1.82) is 0 Å². The molecule has 1 N–H and O–H groups in total. The minimum absolute atomic E-state index is 0. The van der Waals surface area contributed by atoms with Gasteiger partial charge < -0.3 is 14.8 Å². The van der Waals surface area contributed by atoms with Gasteiger partial charge in [0.05, 0.1) is 14.2 Å². The lowest BCUT2D eigenvalue weighted by molar-refractivity contribution is 0.155. The number of methoxy groups -OCH3 is 2. The van der Waals surface area contributed by atoms with Crippen LogP contribution in [0.4, 0.5) is 0 Å². The summed E-state index contributed by atoms with van der Waals surface area (Å²) in [6.45, 7) is 4.38. The standard InChI is InChI=1S/C16H23BrN2O2.2ClH/c1-20-14-9-12(13(17)10-15(14)21-2)16(11-3-4-11)19-7-5-18-6-8-19;;/h9-11,16,18H,3-8H2,1-2H3;2*1H/t16-;;/m1../s1. The summed E-state index contributed by atoms with van der Waals surface area (Å²) >= 11 is 3.74. The van der Waals surface area contributed by atoms with Gasteiger partial charge in [-0.1, -0.05) is 15.9 Å². The predicted molar refractivity (Wildman–Crippen MR) is 102 cm³/mol. The van der Waals surface area contributed by atoms with Gasteiger partial charge in [-0.3, -0.25) is 4.90 Å². The molecule has 7 heteroatoms. The Morgan fingerprint density at radius 2 is 1.65 bits per heavy atom. The van der Waals surface area contributed by atoms with Crippen molar-refractivity contribution < 1.29 is 9.47 Å². The van der Waals surface area contributed by atoms with Gasteiger partial charge in [-0.05, 0) is 36.5 Å². The highest BCUT2D eigenvalue weighted by Gasteiger charge is 2.38. The minimum Gasteiger partial charge on any atom is -0.493 e. The Morgan fingerprint density at radius 1 is 1.09 bits per heavy atom. The average Bonchev–Trinajstić information content (AvgIpc) is 3.34. The molecule has 2 fully saturated rings. The van der Waals surface area contributed by atoms with Gasteiger partial charge in [0.15, 0.2) is 11.5 Å². The molecule has 1 saturated carbocycles. The van der Waals surface area contributed by atoms with E-state index in [1.807, 2.05) is 6.07 Å². The Balaban J connectivity index is 0.00000132. The molecular formula is C16H25BrCl2N2O2. The van der Waals surface area contributed by atoms with Crippen LogP contribution in [0.15, 0.2) is 16.6 Å². The topological polar surface area (TPSA) is 33.7 Å². The number of nitrogens with zero attached hydrogens (tertiary/aromatic N) is 1. The molecular weight excluding hydrogens is 403 g/mol. The average molecular weight is 428 g/mol. The van der Waals surface area contributed by atoms with Crippen LogP contribution in [0, 0.1) is 5.92 Å². The summed E-state index contributed by atoms with van der Waals surface area (Å²) < 4.78 is 12.0. The van der Waals surface area contributed by atoms with Crippen molar-refractivity contribution in [3.63, 3.8) is 0 Å². The molecule has 1 atom stereocenters. The van der Waals surface area contributed by atoms with Crippen LogP contribution in [0.25, 0.3) is 0 Å². The number of nitrogens with one attached hydrogen (secondary N) is 1. The normalized spacial score (nSPS) is 19.3. The van der Waals surface area contributed by atoms with E-state index in [0.29, 0.717) is 6.04 Å². The fourth-order valence-electron chi connectivity index (χ4n) is 3.22. The van der Waals surface area contributed by atoms with E-state index in [0.717, 1.165) is 48.1 Å². The fourth-order valence-corrected chi connectivity index (χ4v) is 3.77. The highest BCUT2D eigenvalue weighted by molar-refractivity contribution is 9.10. The highest BCUT2D eigenvalue weighted by atomic mass is 79.9. The monoisotopic (exact) mass is 426 g/mol. The molecule has 23 heavy (non-hydrogen) atoms. The van der Waals surface area contributed by atoms with Crippen molar-refractivity contribution >= 4 is 40.7 Å². The predicted octanol–water partition coefficient (Wildman–Crippen LogP) is 3.67. The molecule has 3 rings (SSSR count). The lowest BCUT2D eigenvalue weighted by atomic mass is 9.99. The second-order valence-corrected chi connectivity index (χ2v) is 6.65. The molecule has 0 amide bonds. The van der Waals surface area contributed by atoms with Crippen LogP contribution in [-0.2, 0) is 0 Å². The van der Waals surface area contributed by atoms with E-state index in [-0.39, 0.29) is 24.8 Å². The summed E-state index contributed by atoms with van der Waals surface area (Å²) in [5.41, 5.74) is 1.33. The maximum absolute atomic E-state index is 5.49. The lowest BCUT2D eigenvalue weighted by Crippen LogP contribution is -2.45. The minimum atomic E-state index is 0. The first-order chi connectivity index (χ1) is 10.2. The van der Waals surface area contributed by atoms with Gasteiger partial charge >= 0.3 is 0 Å². The Labute approximate surface area is 159 Å². The maximum Gasteiger partial charge on any atom is 0.161 e. The van der Waals surface area contributed by atoms with Crippen molar-refractivity contribution in [3.8, 4) is 11.5 Å². The van der Waals surface area contributed by atoms with E-state index < -0.39 is 0 Å². The summed E-state index contributed by atoms with van der Waals surface area (Å²) in [6.07, 6.45) is 2.66. The fraction of sp³-hybridized carbons (Fsp3) is 0.625. The van der Waals surface area contributed by atoms with Crippen molar-refractivity contribution in [2.45, 2.75) is 18.9 Å². The van der Waals surface area contributed by atoms with E-state index in [9.17, 15) is 0 Å². The van der Waals surface area contributed by atoms with E-state index in [2.05, 4.69) is 32.2 Å².